The lowest BCUT2D eigenvalue weighted by Crippen LogP contribution is -2.29. The van der Waals surface area contributed by atoms with Gasteiger partial charge in [-0.1, -0.05) is 15.9 Å². The second-order valence-corrected chi connectivity index (χ2v) is 4.32. The molecular weight excluding hydrogens is 290 g/mol. The van der Waals surface area contributed by atoms with Gasteiger partial charge in [-0.25, -0.2) is 4.79 Å². The van der Waals surface area contributed by atoms with Crippen molar-refractivity contribution in [3.05, 3.63) is 34.3 Å². The van der Waals surface area contributed by atoms with Gasteiger partial charge < -0.3 is 15.5 Å². The average Bonchev–Trinajstić information content (AvgIpc) is 2.29. The van der Waals surface area contributed by atoms with Crippen LogP contribution in [0.15, 0.2) is 28.7 Å². The van der Waals surface area contributed by atoms with Crippen LogP contribution in [0.3, 0.4) is 0 Å². The Kier molecular flexibility index (Phi) is 5.11. The van der Waals surface area contributed by atoms with Crippen LogP contribution in [0.2, 0.25) is 0 Å². The molecule has 0 fully saturated rings. The Bertz CT molecular complexity index is 404. The number of amides is 1. The lowest BCUT2D eigenvalue weighted by Gasteiger charge is -2.07. The van der Waals surface area contributed by atoms with Crippen LogP contribution in [-0.4, -0.2) is 34.7 Å². The summed E-state index contributed by atoms with van der Waals surface area (Å²) in [6, 6.07) is 6.77. The maximum Gasteiger partial charge on any atom is 0.332 e. The molecule has 1 atom stereocenters. The van der Waals surface area contributed by atoms with Crippen LogP contribution >= 0.6 is 15.9 Å². The quantitative estimate of drug-likeness (QED) is 0.758. The lowest BCUT2D eigenvalue weighted by molar-refractivity contribution is -0.146. The van der Waals surface area contributed by atoms with Gasteiger partial charge in [0, 0.05) is 23.0 Å². The van der Waals surface area contributed by atoms with Gasteiger partial charge in [0.25, 0.3) is 5.91 Å². The number of carbonyl (C=O) groups is 2. The molecule has 0 heterocycles. The Morgan fingerprint density at radius 3 is 2.41 bits per heavy atom. The van der Waals surface area contributed by atoms with Gasteiger partial charge in [0.15, 0.2) is 6.10 Å². The number of carbonyl (C=O) groups excluding carboxylic acids is 1. The van der Waals surface area contributed by atoms with E-state index in [0.717, 1.165) is 4.47 Å². The predicted molar refractivity (Wildman–Crippen MR) is 64.7 cm³/mol. The smallest absolute Gasteiger partial charge is 0.332 e. The van der Waals surface area contributed by atoms with E-state index in [0.29, 0.717) is 5.56 Å². The normalized spacial score (nSPS) is 11.9. The molecule has 0 saturated heterocycles. The fourth-order valence-electron chi connectivity index (χ4n) is 1.15. The van der Waals surface area contributed by atoms with Gasteiger partial charge in [-0.2, -0.15) is 0 Å². The molecule has 0 bridgehead atoms. The van der Waals surface area contributed by atoms with E-state index in [1.165, 1.54) is 0 Å². The van der Waals surface area contributed by atoms with E-state index in [2.05, 4.69) is 21.2 Å². The van der Waals surface area contributed by atoms with Crippen molar-refractivity contribution in [3.63, 3.8) is 0 Å². The molecule has 0 aromatic heterocycles. The number of benzene rings is 1. The molecule has 0 aliphatic rings. The van der Waals surface area contributed by atoms with Crippen LogP contribution in [0, 0.1) is 0 Å². The average molecular weight is 302 g/mol. The van der Waals surface area contributed by atoms with Crippen LogP contribution in [0.5, 0.6) is 0 Å². The number of halogens is 1. The van der Waals surface area contributed by atoms with Gasteiger partial charge in [-0.3, -0.25) is 4.79 Å². The monoisotopic (exact) mass is 301 g/mol. The molecule has 1 unspecified atom stereocenters. The molecule has 17 heavy (non-hydrogen) atoms. The Hall–Kier alpha value is -1.40. The van der Waals surface area contributed by atoms with Crippen molar-refractivity contribution in [1.29, 1.82) is 0 Å². The molecular formula is C11H12BrNO4. The highest BCUT2D eigenvalue weighted by Gasteiger charge is 2.13. The van der Waals surface area contributed by atoms with Gasteiger partial charge >= 0.3 is 5.97 Å². The largest absolute Gasteiger partial charge is 0.479 e. The maximum absolute atomic E-state index is 11.6. The van der Waals surface area contributed by atoms with Crippen molar-refractivity contribution in [2.24, 2.45) is 0 Å². The summed E-state index contributed by atoms with van der Waals surface area (Å²) in [5, 5.41) is 19.9. The summed E-state index contributed by atoms with van der Waals surface area (Å²) in [5.74, 6) is -1.59. The predicted octanol–water partition coefficient (Wildman–Crippen LogP) is 1.01. The van der Waals surface area contributed by atoms with Gasteiger partial charge in [0.2, 0.25) is 0 Å². The summed E-state index contributed by atoms with van der Waals surface area (Å²) in [6.07, 6.45) is -1.46. The third-order valence-corrected chi connectivity index (χ3v) is 2.62. The van der Waals surface area contributed by atoms with E-state index in [9.17, 15) is 9.59 Å². The first kappa shape index (κ1) is 13.7. The van der Waals surface area contributed by atoms with E-state index < -0.39 is 12.1 Å². The van der Waals surface area contributed by atoms with Crippen molar-refractivity contribution in [1.82, 2.24) is 5.32 Å². The number of aliphatic hydroxyl groups is 1. The highest BCUT2D eigenvalue weighted by Crippen LogP contribution is 2.10. The molecule has 1 aromatic rings. The summed E-state index contributed by atoms with van der Waals surface area (Å²) < 4.78 is 0.871. The fourth-order valence-corrected chi connectivity index (χ4v) is 1.41. The Morgan fingerprint density at radius 2 is 1.88 bits per heavy atom. The summed E-state index contributed by atoms with van der Waals surface area (Å²) in [4.78, 5) is 21.9. The maximum atomic E-state index is 11.6. The van der Waals surface area contributed by atoms with Crippen LogP contribution in [0.1, 0.15) is 16.8 Å². The van der Waals surface area contributed by atoms with Crippen molar-refractivity contribution in [3.8, 4) is 0 Å². The minimum atomic E-state index is -1.44. The SMILES string of the molecule is O=C(NCCC(O)C(=O)O)c1ccc(Br)cc1. The third kappa shape index (κ3) is 4.54. The van der Waals surface area contributed by atoms with E-state index >= 15 is 0 Å². The lowest BCUT2D eigenvalue weighted by atomic mass is 10.2. The van der Waals surface area contributed by atoms with Crippen molar-refractivity contribution in [2.75, 3.05) is 6.54 Å². The van der Waals surface area contributed by atoms with Gasteiger partial charge in [0.05, 0.1) is 0 Å². The van der Waals surface area contributed by atoms with Crippen molar-refractivity contribution >= 4 is 27.8 Å². The molecule has 0 aliphatic heterocycles. The number of aliphatic hydroxyl groups excluding tert-OH is 1. The third-order valence-electron chi connectivity index (χ3n) is 2.09. The summed E-state index contributed by atoms with van der Waals surface area (Å²) >= 11 is 3.25. The summed E-state index contributed by atoms with van der Waals surface area (Å²) in [6.45, 7) is 0.113. The number of rotatable bonds is 5. The first-order valence-corrected chi connectivity index (χ1v) is 5.74. The Morgan fingerprint density at radius 1 is 1.29 bits per heavy atom. The van der Waals surface area contributed by atoms with Gasteiger partial charge in [-0.05, 0) is 24.3 Å². The molecule has 92 valence electrons. The molecule has 3 N–H and O–H groups in total. The molecule has 6 heteroatoms. The molecule has 1 amide bonds. The number of nitrogens with one attached hydrogen (secondary N) is 1. The Labute approximate surface area is 107 Å². The number of aliphatic carboxylic acids is 1. The van der Waals surface area contributed by atoms with Crippen LogP contribution in [0.4, 0.5) is 0 Å². The van der Waals surface area contributed by atoms with Gasteiger partial charge in [-0.15, -0.1) is 0 Å². The van der Waals surface area contributed by atoms with E-state index in [1.807, 2.05) is 0 Å². The number of carboxylic acid groups (broad SMARTS) is 1. The van der Waals surface area contributed by atoms with Crippen LogP contribution in [0.25, 0.3) is 0 Å². The molecule has 0 saturated carbocycles. The highest BCUT2D eigenvalue weighted by molar-refractivity contribution is 9.10. The van der Waals surface area contributed by atoms with E-state index in [-0.39, 0.29) is 18.9 Å². The standard InChI is InChI=1S/C11H12BrNO4/c12-8-3-1-7(2-4-8)10(15)13-6-5-9(14)11(16)17/h1-4,9,14H,5-6H2,(H,13,15)(H,16,17). The fraction of sp³-hybridized carbons (Fsp3) is 0.273. The summed E-state index contributed by atoms with van der Waals surface area (Å²) in [5.41, 5.74) is 0.484. The minimum Gasteiger partial charge on any atom is -0.479 e. The molecule has 0 aliphatic carbocycles. The first-order chi connectivity index (χ1) is 8.00. The summed E-state index contributed by atoms with van der Waals surface area (Å²) in [7, 11) is 0. The van der Waals surface area contributed by atoms with E-state index in [1.54, 1.807) is 24.3 Å². The number of hydrogen-bond donors (Lipinski definition) is 3. The second kappa shape index (κ2) is 6.36. The zero-order valence-corrected chi connectivity index (χ0v) is 10.5. The highest BCUT2D eigenvalue weighted by atomic mass is 79.9. The molecule has 1 rings (SSSR count). The molecule has 0 spiro atoms. The first-order valence-electron chi connectivity index (χ1n) is 4.95. The van der Waals surface area contributed by atoms with Gasteiger partial charge in [0.1, 0.15) is 0 Å². The van der Waals surface area contributed by atoms with Crippen molar-refractivity contribution in [2.45, 2.75) is 12.5 Å². The number of hydrogen-bond acceptors (Lipinski definition) is 3. The molecule has 5 nitrogen and oxygen atoms in total. The Balaban J connectivity index is 2.40. The van der Waals surface area contributed by atoms with Crippen LogP contribution < -0.4 is 5.32 Å². The minimum absolute atomic E-state index is 0.0163. The van der Waals surface area contributed by atoms with E-state index in [4.69, 9.17) is 10.2 Å². The molecule has 0 radical (unpaired) electrons. The van der Waals surface area contributed by atoms with Crippen LogP contribution in [-0.2, 0) is 4.79 Å². The second-order valence-electron chi connectivity index (χ2n) is 3.41. The zero-order valence-electron chi connectivity index (χ0n) is 8.89. The topological polar surface area (TPSA) is 86.6 Å². The molecule has 1 aromatic carbocycles. The van der Waals surface area contributed by atoms with Crippen molar-refractivity contribution < 1.29 is 19.8 Å². The number of carboxylic acids is 1. The zero-order chi connectivity index (χ0) is 12.8.